The molecule has 1 saturated heterocycles. The van der Waals surface area contributed by atoms with Crippen LogP contribution in [-0.4, -0.2) is 86.1 Å². The van der Waals surface area contributed by atoms with Crippen LogP contribution in [0.1, 0.15) is 139 Å². The third kappa shape index (κ3) is 6.71. The van der Waals surface area contributed by atoms with Gasteiger partial charge < -0.3 is 34.5 Å². The third-order valence-electron chi connectivity index (χ3n) is 16.7. The molecule has 322 valence electrons. The smallest absolute Gasteiger partial charge is 0.303 e. The molecule has 6 aliphatic rings. The van der Waals surface area contributed by atoms with Gasteiger partial charge in [-0.3, -0.25) is 19.2 Å². The number of rotatable bonds is 7. The SMILES string of the molecule is CC(=O)O[C@H]1[C@H](OC(C)=O)[C@H](OC(C)=O)CO[C@H]1n1cc(CNC(=O)[C@]23CCC(C)(C)C[C@H]2C2=CC[C@@H]4[C@@]5(C)CC[C@H](O)C(C)(C)[C@@H]5CC[C@@]4(C)[C@]2(C)C[C@H]3O)nn1. The molecule has 0 spiro atoms. The summed E-state index contributed by atoms with van der Waals surface area (Å²) in [6.45, 7) is 19.9. The monoisotopic (exact) mass is 810 g/mol. The van der Waals surface area contributed by atoms with E-state index in [9.17, 15) is 29.4 Å². The van der Waals surface area contributed by atoms with Crippen molar-refractivity contribution in [3.8, 4) is 0 Å². The number of ether oxygens (including phenoxy) is 4. The van der Waals surface area contributed by atoms with Crippen LogP contribution in [0.25, 0.3) is 0 Å². The van der Waals surface area contributed by atoms with Gasteiger partial charge in [-0.25, -0.2) is 4.68 Å². The quantitative estimate of drug-likeness (QED) is 0.182. The van der Waals surface area contributed by atoms with E-state index in [2.05, 4.69) is 70.2 Å². The summed E-state index contributed by atoms with van der Waals surface area (Å²) in [6.07, 6.45) is 5.85. The van der Waals surface area contributed by atoms with Crippen LogP contribution in [0.15, 0.2) is 17.8 Å². The number of fused-ring (bicyclic) bond motifs is 7. The molecule has 3 N–H and O–H groups in total. The van der Waals surface area contributed by atoms with Crippen LogP contribution in [0.5, 0.6) is 0 Å². The zero-order valence-electron chi connectivity index (χ0n) is 36.1. The highest BCUT2D eigenvalue weighted by Crippen LogP contribution is 2.75. The molecule has 1 aromatic heterocycles. The van der Waals surface area contributed by atoms with Gasteiger partial charge in [0.2, 0.25) is 5.91 Å². The summed E-state index contributed by atoms with van der Waals surface area (Å²) >= 11 is 0. The van der Waals surface area contributed by atoms with Crippen LogP contribution in [0, 0.1) is 50.2 Å². The van der Waals surface area contributed by atoms with E-state index in [4.69, 9.17) is 18.9 Å². The molecule has 4 saturated carbocycles. The lowest BCUT2D eigenvalue weighted by Crippen LogP contribution is -2.68. The molecule has 0 aromatic carbocycles. The Labute approximate surface area is 342 Å². The average molecular weight is 811 g/mol. The number of nitrogens with one attached hydrogen (secondary N) is 1. The van der Waals surface area contributed by atoms with E-state index in [1.165, 1.54) is 31.0 Å². The zero-order valence-corrected chi connectivity index (χ0v) is 36.1. The Hall–Kier alpha value is -3.36. The van der Waals surface area contributed by atoms with E-state index in [1.807, 2.05) is 0 Å². The standard InChI is InChI=1S/C44H66N4O10/c1-24(49)56-30-23-55-37(36(58-26(3)51)35(30)57-25(2)50)48-22-27(46-47-48)21-45-38(54)44-18-17-39(4,5)19-29(44)28-11-12-32-41(8)15-14-33(52)40(6,7)31(41)13-16-42(32,9)43(28,10)20-34(44)53/h11,22,29-37,52-53H,12-21,23H2,1-10H3,(H,45,54)/t29-,30+,31-,32+,33-,34+,35+,36-,37+,41-,42+,43+,44+/m0/s1. The van der Waals surface area contributed by atoms with Gasteiger partial charge in [-0.05, 0) is 103 Å². The summed E-state index contributed by atoms with van der Waals surface area (Å²) in [5, 5.41) is 35.4. The maximum atomic E-state index is 14.8. The van der Waals surface area contributed by atoms with Crippen molar-refractivity contribution in [2.75, 3.05) is 6.61 Å². The third-order valence-corrected chi connectivity index (χ3v) is 16.7. The molecule has 14 heteroatoms. The maximum absolute atomic E-state index is 14.8. The molecule has 0 unspecified atom stereocenters. The molecular weight excluding hydrogens is 745 g/mol. The molecule has 1 aromatic rings. The predicted molar refractivity (Wildman–Crippen MR) is 210 cm³/mol. The van der Waals surface area contributed by atoms with E-state index < -0.39 is 54.0 Å². The average Bonchev–Trinajstić information content (AvgIpc) is 3.59. The van der Waals surface area contributed by atoms with Crippen LogP contribution in [-0.2, 0) is 44.7 Å². The fourth-order valence-corrected chi connectivity index (χ4v) is 13.5. The molecule has 5 fully saturated rings. The van der Waals surface area contributed by atoms with Crippen molar-refractivity contribution in [1.29, 1.82) is 0 Å². The van der Waals surface area contributed by atoms with Crippen molar-refractivity contribution < 1.29 is 48.3 Å². The van der Waals surface area contributed by atoms with Crippen LogP contribution < -0.4 is 5.32 Å². The lowest BCUT2D eigenvalue weighted by molar-refractivity contribution is -0.241. The molecule has 5 aliphatic carbocycles. The van der Waals surface area contributed by atoms with Crippen molar-refractivity contribution in [1.82, 2.24) is 20.3 Å². The van der Waals surface area contributed by atoms with Gasteiger partial charge in [0.25, 0.3) is 0 Å². The van der Waals surface area contributed by atoms with Crippen LogP contribution in [0.2, 0.25) is 0 Å². The number of carbonyl (C=O) groups excluding carboxylic acids is 4. The molecule has 14 nitrogen and oxygen atoms in total. The van der Waals surface area contributed by atoms with Gasteiger partial charge in [0.05, 0.1) is 37.0 Å². The number of hydrogen-bond acceptors (Lipinski definition) is 12. The molecule has 7 rings (SSSR count). The first-order valence-corrected chi connectivity index (χ1v) is 21.4. The van der Waals surface area contributed by atoms with Gasteiger partial charge in [-0.2, -0.15) is 0 Å². The molecule has 0 radical (unpaired) electrons. The second-order valence-electron chi connectivity index (χ2n) is 20.7. The number of aliphatic hydroxyl groups is 2. The van der Waals surface area contributed by atoms with E-state index in [1.54, 1.807) is 6.20 Å². The van der Waals surface area contributed by atoms with E-state index in [0.29, 0.717) is 30.4 Å². The van der Waals surface area contributed by atoms with Crippen molar-refractivity contribution in [2.24, 2.45) is 50.2 Å². The number of nitrogens with zero attached hydrogens (tertiary/aromatic N) is 3. The van der Waals surface area contributed by atoms with Gasteiger partial charge >= 0.3 is 17.9 Å². The number of aromatic nitrogens is 3. The lowest BCUT2D eigenvalue weighted by atomic mass is 9.33. The highest BCUT2D eigenvalue weighted by Gasteiger charge is 2.71. The number of amides is 1. The fourth-order valence-electron chi connectivity index (χ4n) is 13.5. The molecule has 1 aliphatic heterocycles. The fraction of sp³-hybridized carbons (Fsp3) is 0.818. The molecule has 0 bridgehead atoms. The van der Waals surface area contributed by atoms with Crippen LogP contribution in [0.4, 0.5) is 0 Å². The normalized spacial score (nSPS) is 42.6. The van der Waals surface area contributed by atoms with Gasteiger partial charge in [0, 0.05) is 20.8 Å². The summed E-state index contributed by atoms with van der Waals surface area (Å²) in [4.78, 5) is 51.0. The Morgan fingerprint density at radius 3 is 2.19 bits per heavy atom. The summed E-state index contributed by atoms with van der Waals surface area (Å²) in [6, 6.07) is 0. The summed E-state index contributed by atoms with van der Waals surface area (Å²) in [5.41, 5.74) is 0.224. The van der Waals surface area contributed by atoms with Crippen LogP contribution in [0.3, 0.4) is 0 Å². The molecular formula is C44H66N4O10. The van der Waals surface area contributed by atoms with Gasteiger partial charge in [0.1, 0.15) is 5.69 Å². The lowest BCUT2D eigenvalue weighted by Gasteiger charge is -2.71. The Morgan fingerprint density at radius 1 is 0.845 bits per heavy atom. The zero-order chi connectivity index (χ0) is 42.4. The Balaban J connectivity index is 1.15. The highest BCUT2D eigenvalue weighted by atomic mass is 16.6. The Bertz CT molecular complexity index is 1840. The highest BCUT2D eigenvalue weighted by molar-refractivity contribution is 5.85. The number of aliphatic hydroxyl groups excluding tert-OH is 2. The van der Waals surface area contributed by atoms with Gasteiger partial charge in [0.15, 0.2) is 24.5 Å². The molecule has 13 atom stereocenters. The summed E-state index contributed by atoms with van der Waals surface area (Å²) in [5.74, 6) is -1.48. The van der Waals surface area contributed by atoms with Crippen molar-refractivity contribution in [2.45, 2.75) is 170 Å². The number of allylic oxidation sites excluding steroid dienone is 2. The minimum Gasteiger partial charge on any atom is -0.456 e. The van der Waals surface area contributed by atoms with Crippen molar-refractivity contribution >= 4 is 23.8 Å². The topological polar surface area (TPSA) is 188 Å². The molecule has 2 heterocycles. The van der Waals surface area contributed by atoms with Crippen LogP contribution >= 0.6 is 0 Å². The van der Waals surface area contributed by atoms with E-state index in [0.717, 1.165) is 44.9 Å². The van der Waals surface area contributed by atoms with E-state index in [-0.39, 0.29) is 58.2 Å². The molecule has 58 heavy (non-hydrogen) atoms. The van der Waals surface area contributed by atoms with Gasteiger partial charge in [-0.1, -0.05) is 65.3 Å². The second-order valence-corrected chi connectivity index (χ2v) is 20.7. The Morgan fingerprint density at radius 2 is 1.52 bits per heavy atom. The van der Waals surface area contributed by atoms with Gasteiger partial charge in [-0.15, -0.1) is 5.10 Å². The summed E-state index contributed by atoms with van der Waals surface area (Å²) < 4.78 is 23.7. The minimum atomic E-state index is -1.22. The first kappa shape index (κ1) is 42.8. The number of esters is 3. The van der Waals surface area contributed by atoms with Crippen molar-refractivity contribution in [3.05, 3.63) is 23.5 Å². The Kier molecular flexibility index (Phi) is 10.8. The first-order valence-electron chi connectivity index (χ1n) is 21.4. The minimum absolute atomic E-state index is 0.0161. The second kappa shape index (κ2) is 14.7. The number of carbonyl (C=O) groups is 4. The predicted octanol–water partition coefficient (Wildman–Crippen LogP) is 5.35. The first-order chi connectivity index (χ1) is 27.0. The largest absolute Gasteiger partial charge is 0.456 e. The van der Waals surface area contributed by atoms with E-state index >= 15 is 0 Å². The number of hydrogen-bond donors (Lipinski definition) is 3. The molecule has 1 amide bonds. The summed E-state index contributed by atoms with van der Waals surface area (Å²) in [7, 11) is 0. The van der Waals surface area contributed by atoms with Crippen molar-refractivity contribution in [3.63, 3.8) is 0 Å². The maximum Gasteiger partial charge on any atom is 0.303 e.